The summed E-state index contributed by atoms with van der Waals surface area (Å²) in [4.78, 5) is 16.7. The molecule has 1 amide bonds. The van der Waals surface area contributed by atoms with Crippen molar-refractivity contribution in [3.05, 3.63) is 17.7 Å². The van der Waals surface area contributed by atoms with Crippen LogP contribution < -0.4 is 19.9 Å². The highest BCUT2D eigenvalue weighted by Gasteiger charge is 2.26. The average Bonchev–Trinajstić information content (AvgIpc) is 2.73. The number of hydrogen-bond acceptors (Lipinski definition) is 8. The number of hydrogen-bond donors (Lipinski definition) is 1. The molecule has 0 radical (unpaired) electrons. The summed E-state index contributed by atoms with van der Waals surface area (Å²) >= 11 is 0. The number of piperazine rings is 1. The average molecular weight is 430 g/mol. The Hall–Kier alpha value is -1.29. The summed E-state index contributed by atoms with van der Waals surface area (Å²) in [5.74, 6) is 3.65. The monoisotopic (exact) mass is 429 g/mol. The van der Waals surface area contributed by atoms with Gasteiger partial charge < -0.3 is 24.8 Å². The molecule has 7 nitrogen and oxygen atoms in total. The van der Waals surface area contributed by atoms with Crippen molar-refractivity contribution in [3.8, 4) is 17.2 Å². The van der Waals surface area contributed by atoms with E-state index in [1.165, 1.54) is 0 Å². The van der Waals surface area contributed by atoms with E-state index in [-0.39, 0.29) is 5.91 Å². The van der Waals surface area contributed by atoms with Gasteiger partial charge in [0.05, 0.1) is 27.4 Å². The minimum atomic E-state index is -0.429. The fourth-order valence-electron chi connectivity index (χ4n) is 3.17. The highest BCUT2D eigenvalue weighted by molar-refractivity contribution is 8.76. The zero-order valence-electron chi connectivity index (χ0n) is 17.1. The Labute approximate surface area is 175 Å². The topological polar surface area (TPSA) is 77.3 Å². The third-order valence-corrected chi connectivity index (χ3v) is 7.14. The quantitative estimate of drug-likeness (QED) is 0.448. The lowest BCUT2D eigenvalue weighted by Gasteiger charge is -2.36. The first-order valence-corrected chi connectivity index (χ1v) is 11.8. The van der Waals surface area contributed by atoms with Crippen LogP contribution in [0.15, 0.2) is 12.1 Å². The standard InChI is InChI=1S/C19H31N3O4S2/c1-5-27-28-13-15(20)19(23)22-10-8-21(9-11-22)12-14-6-7-16(24-2)18(26-4)17(14)25-3/h6-7,15H,5,8-13,20H2,1-4H3/t15-/m0/s1. The van der Waals surface area contributed by atoms with Crippen LogP contribution in [0.5, 0.6) is 17.2 Å². The number of nitrogens with zero attached hydrogens (tertiary/aromatic N) is 2. The molecule has 1 aromatic rings. The van der Waals surface area contributed by atoms with Gasteiger partial charge >= 0.3 is 0 Å². The SMILES string of the molecule is CCSSC[C@H](N)C(=O)N1CCN(Cc2ccc(OC)c(OC)c2OC)CC1. The normalized spacial score (nSPS) is 16.0. The molecule has 2 rings (SSSR count). The Morgan fingerprint density at radius 3 is 2.32 bits per heavy atom. The molecule has 0 saturated carbocycles. The first kappa shape index (κ1) is 23.0. The molecule has 0 spiro atoms. The number of amides is 1. The predicted molar refractivity (Wildman–Crippen MR) is 117 cm³/mol. The van der Waals surface area contributed by atoms with E-state index >= 15 is 0 Å². The van der Waals surface area contributed by atoms with E-state index in [0.717, 1.165) is 31.0 Å². The van der Waals surface area contributed by atoms with E-state index in [0.29, 0.717) is 36.1 Å². The molecule has 0 bridgehead atoms. The molecule has 0 aliphatic carbocycles. The molecule has 2 N–H and O–H groups in total. The Kier molecular flexibility index (Phi) is 9.57. The minimum Gasteiger partial charge on any atom is -0.493 e. The lowest BCUT2D eigenvalue weighted by Crippen LogP contribution is -2.53. The van der Waals surface area contributed by atoms with Crippen molar-refractivity contribution in [1.82, 2.24) is 9.80 Å². The van der Waals surface area contributed by atoms with Crippen LogP contribution in [-0.2, 0) is 11.3 Å². The third-order valence-electron chi connectivity index (χ3n) is 4.63. The van der Waals surface area contributed by atoms with Crippen LogP contribution in [0.1, 0.15) is 12.5 Å². The largest absolute Gasteiger partial charge is 0.493 e. The summed E-state index contributed by atoms with van der Waals surface area (Å²) in [6.45, 7) is 5.79. The Morgan fingerprint density at radius 2 is 1.75 bits per heavy atom. The van der Waals surface area contributed by atoms with Crippen molar-refractivity contribution in [1.29, 1.82) is 0 Å². The van der Waals surface area contributed by atoms with E-state index in [2.05, 4.69) is 11.8 Å². The smallest absolute Gasteiger partial charge is 0.240 e. The number of carbonyl (C=O) groups excluding carboxylic acids is 1. The van der Waals surface area contributed by atoms with Crippen LogP contribution >= 0.6 is 21.6 Å². The van der Waals surface area contributed by atoms with Gasteiger partial charge in [-0.05, 0) is 6.07 Å². The predicted octanol–water partition coefficient (Wildman–Crippen LogP) is 2.09. The van der Waals surface area contributed by atoms with Crippen LogP contribution in [0, 0.1) is 0 Å². The maximum atomic E-state index is 12.5. The zero-order valence-corrected chi connectivity index (χ0v) is 18.7. The molecular formula is C19H31N3O4S2. The number of nitrogens with two attached hydrogens (primary N) is 1. The fourth-order valence-corrected chi connectivity index (χ4v) is 4.95. The molecule has 28 heavy (non-hydrogen) atoms. The molecule has 1 fully saturated rings. The second kappa shape index (κ2) is 11.6. The van der Waals surface area contributed by atoms with Crippen molar-refractivity contribution in [3.63, 3.8) is 0 Å². The molecule has 9 heteroatoms. The van der Waals surface area contributed by atoms with Gasteiger partial charge in [-0.25, -0.2) is 0 Å². The maximum Gasteiger partial charge on any atom is 0.240 e. The highest BCUT2D eigenvalue weighted by atomic mass is 33.1. The van der Waals surface area contributed by atoms with Gasteiger partial charge in [-0.1, -0.05) is 34.6 Å². The summed E-state index contributed by atoms with van der Waals surface area (Å²) in [6, 6.07) is 3.46. The van der Waals surface area contributed by atoms with E-state index in [9.17, 15) is 4.79 Å². The number of rotatable bonds is 10. The molecule has 158 valence electrons. The first-order valence-electron chi connectivity index (χ1n) is 9.34. The van der Waals surface area contributed by atoms with E-state index in [4.69, 9.17) is 19.9 Å². The van der Waals surface area contributed by atoms with Crippen LogP contribution in [-0.4, -0.2) is 80.8 Å². The highest BCUT2D eigenvalue weighted by Crippen LogP contribution is 2.40. The zero-order chi connectivity index (χ0) is 20.5. The van der Waals surface area contributed by atoms with Gasteiger partial charge in [0.15, 0.2) is 11.5 Å². The second-order valence-electron chi connectivity index (χ2n) is 6.39. The molecule has 0 unspecified atom stereocenters. The Morgan fingerprint density at radius 1 is 1.07 bits per heavy atom. The van der Waals surface area contributed by atoms with Gasteiger partial charge in [0.2, 0.25) is 11.7 Å². The molecule has 1 atom stereocenters. The maximum absolute atomic E-state index is 12.5. The molecule has 1 saturated heterocycles. The molecule has 1 aromatic carbocycles. The summed E-state index contributed by atoms with van der Waals surface area (Å²) < 4.78 is 16.4. The second-order valence-corrected chi connectivity index (χ2v) is 9.19. The first-order chi connectivity index (χ1) is 13.5. The van der Waals surface area contributed by atoms with Crippen molar-refractivity contribution >= 4 is 27.5 Å². The van der Waals surface area contributed by atoms with Crippen LogP contribution in [0.2, 0.25) is 0 Å². The Bertz CT molecular complexity index is 640. The fraction of sp³-hybridized carbons (Fsp3) is 0.632. The molecule has 1 aliphatic rings. The summed E-state index contributed by atoms with van der Waals surface area (Å²) in [6.07, 6.45) is 0. The molecule has 0 aromatic heterocycles. The van der Waals surface area contributed by atoms with Gasteiger partial charge in [0, 0.05) is 49.8 Å². The Balaban J connectivity index is 1.93. The molecule has 1 heterocycles. The van der Waals surface area contributed by atoms with Crippen LogP contribution in [0.4, 0.5) is 0 Å². The molecule has 1 aliphatic heterocycles. The minimum absolute atomic E-state index is 0.0487. The van der Waals surface area contributed by atoms with Crippen molar-refractivity contribution in [2.45, 2.75) is 19.5 Å². The lowest BCUT2D eigenvalue weighted by atomic mass is 10.1. The number of methoxy groups -OCH3 is 3. The van der Waals surface area contributed by atoms with E-state index in [1.807, 2.05) is 17.0 Å². The third kappa shape index (κ3) is 5.85. The summed E-state index contributed by atoms with van der Waals surface area (Å²) in [5, 5.41) is 0. The van der Waals surface area contributed by atoms with Gasteiger partial charge in [0.1, 0.15) is 0 Å². The van der Waals surface area contributed by atoms with E-state index < -0.39 is 6.04 Å². The lowest BCUT2D eigenvalue weighted by molar-refractivity contribution is -0.133. The van der Waals surface area contributed by atoms with Gasteiger partial charge in [-0.15, -0.1) is 0 Å². The van der Waals surface area contributed by atoms with Crippen LogP contribution in [0.25, 0.3) is 0 Å². The van der Waals surface area contributed by atoms with E-state index in [1.54, 1.807) is 42.9 Å². The summed E-state index contributed by atoms with van der Waals surface area (Å²) in [5.41, 5.74) is 7.10. The van der Waals surface area contributed by atoms with Crippen LogP contribution in [0.3, 0.4) is 0 Å². The number of ether oxygens (including phenoxy) is 3. The van der Waals surface area contributed by atoms with Crippen molar-refractivity contribution in [2.24, 2.45) is 5.73 Å². The summed E-state index contributed by atoms with van der Waals surface area (Å²) in [7, 11) is 8.25. The molecular weight excluding hydrogens is 398 g/mol. The number of carbonyl (C=O) groups is 1. The van der Waals surface area contributed by atoms with Crippen molar-refractivity contribution < 1.29 is 19.0 Å². The van der Waals surface area contributed by atoms with Gasteiger partial charge in [0.25, 0.3) is 0 Å². The van der Waals surface area contributed by atoms with Gasteiger partial charge in [-0.2, -0.15) is 0 Å². The number of benzene rings is 1. The van der Waals surface area contributed by atoms with Gasteiger partial charge in [-0.3, -0.25) is 9.69 Å². The van der Waals surface area contributed by atoms with Crippen molar-refractivity contribution in [2.75, 3.05) is 59.0 Å².